The Morgan fingerprint density at radius 3 is 2.29 bits per heavy atom. The number of nitrogens with two attached hydrogens (primary N) is 2. The van der Waals surface area contributed by atoms with Gasteiger partial charge < -0.3 is 11.5 Å². The van der Waals surface area contributed by atoms with E-state index in [1.807, 2.05) is 49.4 Å². The quantitative estimate of drug-likeness (QED) is 0.704. The molecule has 1 aromatic carbocycles. The highest BCUT2D eigenvalue weighted by Gasteiger charge is 2.07. The molecule has 4 heteroatoms. The Morgan fingerprint density at radius 1 is 0.810 bits per heavy atom. The first kappa shape index (κ1) is 13.1. The van der Waals surface area contributed by atoms with Crippen LogP contribution in [0.15, 0.2) is 54.9 Å². The fraction of sp³-hybridized carbons (Fsp3) is 0.0588. The van der Waals surface area contributed by atoms with E-state index in [1.165, 1.54) is 0 Å². The van der Waals surface area contributed by atoms with E-state index in [1.54, 1.807) is 12.4 Å². The van der Waals surface area contributed by atoms with Gasteiger partial charge in [0.05, 0.1) is 0 Å². The van der Waals surface area contributed by atoms with Crippen molar-refractivity contribution < 1.29 is 0 Å². The van der Waals surface area contributed by atoms with Crippen molar-refractivity contribution in [2.45, 2.75) is 6.92 Å². The van der Waals surface area contributed by atoms with E-state index in [0.29, 0.717) is 5.82 Å². The first-order chi connectivity index (χ1) is 10.1. The molecule has 0 unspecified atom stereocenters. The van der Waals surface area contributed by atoms with E-state index in [4.69, 9.17) is 11.5 Å². The van der Waals surface area contributed by atoms with Crippen molar-refractivity contribution in [1.82, 2.24) is 9.97 Å². The van der Waals surface area contributed by atoms with E-state index < -0.39 is 0 Å². The highest BCUT2D eigenvalue weighted by molar-refractivity contribution is 5.79. The molecule has 0 radical (unpaired) electrons. The molecule has 3 aromatic rings. The van der Waals surface area contributed by atoms with Gasteiger partial charge in [-0.2, -0.15) is 0 Å². The highest BCUT2D eigenvalue weighted by Crippen LogP contribution is 2.30. The van der Waals surface area contributed by atoms with Crippen LogP contribution >= 0.6 is 0 Å². The Hall–Kier alpha value is -2.88. The number of hydrogen-bond donors (Lipinski definition) is 2. The Kier molecular flexibility index (Phi) is 3.28. The van der Waals surface area contributed by atoms with Gasteiger partial charge in [0, 0.05) is 34.9 Å². The molecule has 3 rings (SSSR count). The van der Waals surface area contributed by atoms with Crippen LogP contribution in [0.25, 0.3) is 22.3 Å². The molecule has 0 bridgehead atoms. The lowest BCUT2D eigenvalue weighted by Crippen LogP contribution is -1.95. The zero-order valence-electron chi connectivity index (χ0n) is 11.7. The molecule has 0 aliphatic carbocycles. The number of anilines is 2. The van der Waals surface area contributed by atoms with E-state index in [9.17, 15) is 0 Å². The topological polar surface area (TPSA) is 77.8 Å². The number of hydrogen-bond acceptors (Lipinski definition) is 4. The number of aromatic nitrogens is 2. The van der Waals surface area contributed by atoms with Crippen molar-refractivity contribution >= 4 is 11.5 Å². The molecule has 2 aromatic heterocycles. The molecular weight excluding hydrogens is 260 g/mol. The average molecular weight is 276 g/mol. The molecule has 4 nitrogen and oxygen atoms in total. The lowest BCUT2D eigenvalue weighted by atomic mass is 10.0. The standard InChI is InChI=1S/C17H16N4/c1-11-8-13(6-7-20-11)14-9-16(17(19)21-10-14)12-2-4-15(18)5-3-12/h2-10H,18H2,1H3,(H2,19,21). The van der Waals surface area contributed by atoms with Gasteiger partial charge in [-0.1, -0.05) is 12.1 Å². The predicted molar refractivity (Wildman–Crippen MR) is 86.5 cm³/mol. The van der Waals surface area contributed by atoms with Crippen molar-refractivity contribution in [3.63, 3.8) is 0 Å². The summed E-state index contributed by atoms with van der Waals surface area (Å²) in [5.41, 5.74) is 17.4. The number of nitrogens with zero attached hydrogens (tertiary/aromatic N) is 2. The molecule has 0 atom stereocenters. The molecule has 21 heavy (non-hydrogen) atoms. The molecule has 2 heterocycles. The molecule has 0 saturated carbocycles. The van der Waals surface area contributed by atoms with Gasteiger partial charge in [0.25, 0.3) is 0 Å². The van der Waals surface area contributed by atoms with Gasteiger partial charge in [-0.25, -0.2) is 4.98 Å². The lowest BCUT2D eigenvalue weighted by molar-refractivity contribution is 1.20. The fourth-order valence-electron chi connectivity index (χ4n) is 2.25. The number of benzene rings is 1. The Balaban J connectivity index is 2.10. The monoisotopic (exact) mass is 276 g/mol. The number of pyridine rings is 2. The third-order valence-corrected chi connectivity index (χ3v) is 3.37. The minimum Gasteiger partial charge on any atom is -0.399 e. The third kappa shape index (κ3) is 2.69. The van der Waals surface area contributed by atoms with Crippen LogP contribution in [-0.4, -0.2) is 9.97 Å². The summed E-state index contributed by atoms with van der Waals surface area (Å²) in [6, 6.07) is 13.7. The molecule has 4 N–H and O–H groups in total. The average Bonchev–Trinajstić information content (AvgIpc) is 2.49. The minimum absolute atomic E-state index is 0.509. The second-order valence-electron chi connectivity index (χ2n) is 4.96. The van der Waals surface area contributed by atoms with Crippen molar-refractivity contribution in [1.29, 1.82) is 0 Å². The number of nitrogen functional groups attached to an aromatic ring is 2. The summed E-state index contributed by atoms with van der Waals surface area (Å²) in [6.07, 6.45) is 3.58. The zero-order chi connectivity index (χ0) is 14.8. The summed E-state index contributed by atoms with van der Waals surface area (Å²) in [4.78, 5) is 8.52. The van der Waals surface area contributed by atoms with E-state index in [2.05, 4.69) is 9.97 Å². The Labute approximate surface area is 123 Å². The smallest absolute Gasteiger partial charge is 0.131 e. The number of aryl methyl sites for hydroxylation is 1. The first-order valence-corrected chi connectivity index (χ1v) is 6.68. The van der Waals surface area contributed by atoms with Gasteiger partial charge in [0.1, 0.15) is 5.82 Å². The molecule has 0 aliphatic rings. The highest BCUT2D eigenvalue weighted by atomic mass is 14.8. The van der Waals surface area contributed by atoms with Gasteiger partial charge in [0.15, 0.2) is 0 Å². The molecular formula is C17H16N4. The normalized spacial score (nSPS) is 10.5. The van der Waals surface area contributed by atoms with Gasteiger partial charge >= 0.3 is 0 Å². The zero-order valence-corrected chi connectivity index (χ0v) is 11.7. The second kappa shape index (κ2) is 5.25. The molecule has 0 aliphatic heterocycles. The van der Waals surface area contributed by atoms with Crippen LogP contribution in [0.1, 0.15) is 5.69 Å². The molecule has 0 spiro atoms. The van der Waals surface area contributed by atoms with E-state index in [-0.39, 0.29) is 0 Å². The van der Waals surface area contributed by atoms with E-state index in [0.717, 1.165) is 33.6 Å². The first-order valence-electron chi connectivity index (χ1n) is 6.68. The molecule has 0 fully saturated rings. The second-order valence-corrected chi connectivity index (χ2v) is 4.96. The lowest BCUT2D eigenvalue weighted by Gasteiger charge is -2.09. The van der Waals surface area contributed by atoms with Crippen molar-refractivity contribution in [2.24, 2.45) is 0 Å². The van der Waals surface area contributed by atoms with Gasteiger partial charge in [-0.15, -0.1) is 0 Å². The van der Waals surface area contributed by atoms with Crippen LogP contribution in [0.2, 0.25) is 0 Å². The van der Waals surface area contributed by atoms with Gasteiger partial charge in [-0.05, 0) is 48.4 Å². The summed E-state index contributed by atoms with van der Waals surface area (Å²) in [7, 11) is 0. The van der Waals surface area contributed by atoms with E-state index >= 15 is 0 Å². The molecule has 0 saturated heterocycles. The third-order valence-electron chi connectivity index (χ3n) is 3.37. The Bertz CT molecular complexity index is 779. The van der Waals surface area contributed by atoms with Crippen molar-refractivity contribution in [3.8, 4) is 22.3 Å². The minimum atomic E-state index is 0.509. The van der Waals surface area contributed by atoms with Crippen molar-refractivity contribution in [2.75, 3.05) is 11.5 Å². The molecule has 104 valence electrons. The van der Waals surface area contributed by atoms with Crippen molar-refractivity contribution in [3.05, 3.63) is 60.6 Å². The van der Waals surface area contributed by atoms with Gasteiger partial charge in [-0.3, -0.25) is 4.98 Å². The maximum absolute atomic E-state index is 6.01. The van der Waals surface area contributed by atoms with Crippen LogP contribution in [0.3, 0.4) is 0 Å². The SMILES string of the molecule is Cc1cc(-c2cnc(N)c(-c3ccc(N)cc3)c2)ccn1. The summed E-state index contributed by atoms with van der Waals surface area (Å²) < 4.78 is 0. The maximum atomic E-state index is 6.01. The van der Waals surface area contributed by atoms with Crippen LogP contribution in [0.5, 0.6) is 0 Å². The van der Waals surface area contributed by atoms with Crippen LogP contribution in [0.4, 0.5) is 11.5 Å². The summed E-state index contributed by atoms with van der Waals surface area (Å²) >= 11 is 0. The summed E-state index contributed by atoms with van der Waals surface area (Å²) in [5.74, 6) is 0.509. The van der Waals surface area contributed by atoms with Crippen LogP contribution in [0, 0.1) is 6.92 Å². The van der Waals surface area contributed by atoms with Crippen LogP contribution < -0.4 is 11.5 Å². The van der Waals surface area contributed by atoms with Gasteiger partial charge in [0.2, 0.25) is 0 Å². The summed E-state index contributed by atoms with van der Waals surface area (Å²) in [6.45, 7) is 1.97. The summed E-state index contributed by atoms with van der Waals surface area (Å²) in [5, 5.41) is 0. The Morgan fingerprint density at radius 2 is 1.57 bits per heavy atom. The maximum Gasteiger partial charge on any atom is 0.131 e. The van der Waals surface area contributed by atoms with Crippen LogP contribution in [-0.2, 0) is 0 Å². The molecule has 0 amide bonds. The number of rotatable bonds is 2. The predicted octanol–water partition coefficient (Wildman–Crippen LogP) is 3.28. The largest absolute Gasteiger partial charge is 0.399 e. The fourth-order valence-corrected chi connectivity index (χ4v) is 2.25.